The zero-order valence-electron chi connectivity index (χ0n) is 11.0. The molecule has 1 N–H and O–H groups in total. The Hall–Kier alpha value is -1.80. The Morgan fingerprint density at radius 3 is 2.56 bits per heavy atom. The summed E-state index contributed by atoms with van der Waals surface area (Å²) in [4.78, 5) is 0. The summed E-state index contributed by atoms with van der Waals surface area (Å²) in [5, 5.41) is 7.57. The van der Waals surface area contributed by atoms with E-state index in [1.165, 1.54) is 11.1 Å². The van der Waals surface area contributed by atoms with Gasteiger partial charge in [-0.2, -0.15) is 0 Å². The molecule has 0 saturated carbocycles. The van der Waals surface area contributed by atoms with Crippen molar-refractivity contribution in [2.24, 2.45) is 0 Å². The van der Waals surface area contributed by atoms with Crippen LogP contribution in [0.2, 0.25) is 0 Å². The molecule has 2 heteroatoms. The number of hydrogen-bond donors (Lipinski definition) is 1. The molecule has 1 aromatic rings. The monoisotopic (exact) mass is 244 g/mol. The van der Waals surface area contributed by atoms with Crippen LogP contribution in [-0.2, 0) is 4.74 Å². The second-order valence-electron chi connectivity index (χ2n) is 3.82. The molecule has 0 radical (unpaired) electrons. The van der Waals surface area contributed by atoms with Gasteiger partial charge in [0.2, 0.25) is 0 Å². The molecule has 0 atom stereocenters. The highest BCUT2D eigenvalue weighted by Gasteiger charge is 2.03. The molecule has 0 saturated heterocycles. The molecular weight excluding hydrogens is 224 g/mol. The molecule has 0 bridgehead atoms. The lowest BCUT2D eigenvalue weighted by Crippen LogP contribution is -1.92. The van der Waals surface area contributed by atoms with Crippen LogP contribution in [0.15, 0.2) is 59.9 Å². The van der Waals surface area contributed by atoms with Gasteiger partial charge in [0.25, 0.3) is 0 Å². The van der Waals surface area contributed by atoms with Crippen molar-refractivity contribution in [3.63, 3.8) is 0 Å². The van der Waals surface area contributed by atoms with Crippen molar-refractivity contribution in [3.8, 4) is 0 Å². The maximum Gasteiger partial charge on any atom is 0.0999 e. The second-order valence-corrected chi connectivity index (χ2v) is 3.82. The van der Waals surface area contributed by atoms with Crippen molar-refractivity contribution in [1.82, 2.24) is 0 Å². The minimum Gasteiger partial charge on any atom is -0.501 e. The highest BCUT2D eigenvalue weighted by Crippen LogP contribution is 2.20. The van der Waals surface area contributed by atoms with Gasteiger partial charge in [0.15, 0.2) is 0 Å². The molecule has 2 nitrogen and oxygen atoms in total. The smallest absolute Gasteiger partial charge is 0.0999 e. The van der Waals surface area contributed by atoms with Crippen LogP contribution in [0.25, 0.3) is 6.08 Å². The van der Waals surface area contributed by atoms with E-state index in [2.05, 4.69) is 24.3 Å². The molecule has 0 aliphatic heterocycles. The summed E-state index contributed by atoms with van der Waals surface area (Å²) in [6.07, 6.45) is 9.21. The first-order chi connectivity index (χ1) is 8.80. The van der Waals surface area contributed by atoms with Crippen molar-refractivity contribution in [1.29, 1.82) is 0 Å². The standard InChI is InChI=1S/C14H14O.C2H6O/c1-15-14-9-5-8-13(11-14)10-12-6-3-2-4-7-12;1-2-3/h2-10H,11H2,1H3;3H,2H2,1H3. The highest BCUT2D eigenvalue weighted by atomic mass is 16.5. The van der Waals surface area contributed by atoms with E-state index in [1.807, 2.05) is 30.4 Å². The number of aliphatic hydroxyl groups is 1. The van der Waals surface area contributed by atoms with E-state index >= 15 is 0 Å². The molecule has 1 aliphatic rings. The van der Waals surface area contributed by atoms with E-state index in [0.717, 1.165) is 12.2 Å². The summed E-state index contributed by atoms with van der Waals surface area (Å²) in [5.41, 5.74) is 2.51. The molecular formula is C16H20O2. The average molecular weight is 244 g/mol. The van der Waals surface area contributed by atoms with Gasteiger partial charge in [-0.25, -0.2) is 0 Å². The molecule has 0 spiro atoms. The van der Waals surface area contributed by atoms with Gasteiger partial charge in [0.05, 0.1) is 12.9 Å². The Kier molecular flexibility index (Phi) is 6.59. The van der Waals surface area contributed by atoms with E-state index < -0.39 is 0 Å². The molecule has 0 fully saturated rings. The summed E-state index contributed by atoms with van der Waals surface area (Å²) < 4.78 is 5.23. The predicted octanol–water partition coefficient (Wildman–Crippen LogP) is 3.56. The van der Waals surface area contributed by atoms with Crippen molar-refractivity contribution >= 4 is 6.08 Å². The fourth-order valence-corrected chi connectivity index (χ4v) is 1.60. The van der Waals surface area contributed by atoms with Gasteiger partial charge < -0.3 is 9.84 Å². The Morgan fingerprint density at radius 1 is 1.28 bits per heavy atom. The van der Waals surface area contributed by atoms with Gasteiger partial charge in [0.1, 0.15) is 0 Å². The van der Waals surface area contributed by atoms with Crippen LogP contribution in [0.1, 0.15) is 18.9 Å². The topological polar surface area (TPSA) is 29.5 Å². The van der Waals surface area contributed by atoms with Gasteiger partial charge in [-0.1, -0.05) is 48.6 Å². The summed E-state index contributed by atoms with van der Waals surface area (Å²) in [6.45, 7) is 1.93. The molecule has 96 valence electrons. The molecule has 1 aliphatic carbocycles. The van der Waals surface area contributed by atoms with Crippen LogP contribution >= 0.6 is 0 Å². The number of hydrogen-bond acceptors (Lipinski definition) is 2. The third-order valence-electron chi connectivity index (χ3n) is 2.38. The van der Waals surface area contributed by atoms with Crippen LogP contribution in [0, 0.1) is 0 Å². The van der Waals surface area contributed by atoms with Crippen LogP contribution in [0.3, 0.4) is 0 Å². The van der Waals surface area contributed by atoms with Gasteiger partial charge in [-0.05, 0) is 24.1 Å². The molecule has 0 aromatic heterocycles. The number of ether oxygens (including phenoxy) is 1. The normalized spacial score (nSPS) is 15.7. The number of methoxy groups -OCH3 is 1. The second kappa shape index (κ2) is 8.31. The molecule has 18 heavy (non-hydrogen) atoms. The minimum atomic E-state index is 0.250. The Labute approximate surface area is 109 Å². The van der Waals surface area contributed by atoms with Crippen LogP contribution < -0.4 is 0 Å². The Morgan fingerprint density at radius 2 is 1.94 bits per heavy atom. The first-order valence-corrected chi connectivity index (χ1v) is 6.07. The van der Waals surface area contributed by atoms with Crippen LogP contribution in [0.5, 0.6) is 0 Å². The maximum absolute atomic E-state index is 7.57. The van der Waals surface area contributed by atoms with E-state index in [-0.39, 0.29) is 6.61 Å². The van der Waals surface area contributed by atoms with Gasteiger partial charge >= 0.3 is 0 Å². The predicted molar refractivity (Wildman–Crippen MR) is 76.0 cm³/mol. The quantitative estimate of drug-likeness (QED) is 0.862. The molecule has 0 amide bonds. The lowest BCUT2D eigenvalue weighted by Gasteiger charge is -2.10. The lowest BCUT2D eigenvalue weighted by molar-refractivity contribution is 0.283. The largest absolute Gasteiger partial charge is 0.501 e. The number of aliphatic hydroxyl groups excluding tert-OH is 1. The van der Waals surface area contributed by atoms with E-state index in [1.54, 1.807) is 14.0 Å². The van der Waals surface area contributed by atoms with E-state index in [0.29, 0.717) is 0 Å². The molecule has 0 unspecified atom stereocenters. The first-order valence-electron chi connectivity index (χ1n) is 6.07. The Bertz CT molecular complexity index is 428. The number of allylic oxidation sites excluding steroid dienone is 4. The Balaban J connectivity index is 0.000000492. The highest BCUT2D eigenvalue weighted by molar-refractivity contribution is 5.57. The van der Waals surface area contributed by atoms with Gasteiger partial charge in [0, 0.05) is 13.0 Å². The summed E-state index contributed by atoms with van der Waals surface area (Å²) in [7, 11) is 1.71. The zero-order valence-corrected chi connectivity index (χ0v) is 11.0. The van der Waals surface area contributed by atoms with Gasteiger partial charge in [-0.15, -0.1) is 0 Å². The first kappa shape index (κ1) is 14.3. The van der Waals surface area contributed by atoms with E-state index in [9.17, 15) is 0 Å². The van der Waals surface area contributed by atoms with Crippen LogP contribution in [0.4, 0.5) is 0 Å². The van der Waals surface area contributed by atoms with Crippen molar-refractivity contribution in [3.05, 3.63) is 65.5 Å². The zero-order chi connectivity index (χ0) is 13.2. The fraction of sp³-hybridized carbons (Fsp3) is 0.250. The van der Waals surface area contributed by atoms with Crippen molar-refractivity contribution < 1.29 is 9.84 Å². The average Bonchev–Trinajstić information content (AvgIpc) is 2.41. The molecule has 1 aromatic carbocycles. The number of rotatable bonds is 2. The maximum atomic E-state index is 7.57. The summed E-state index contributed by atoms with van der Waals surface area (Å²) in [5.74, 6) is 1.01. The van der Waals surface area contributed by atoms with E-state index in [4.69, 9.17) is 9.84 Å². The molecule has 0 heterocycles. The number of benzene rings is 1. The third kappa shape index (κ3) is 5.02. The van der Waals surface area contributed by atoms with Crippen molar-refractivity contribution in [2.45, 2.75) is 13.3 Å². The fourth-order valence-electron chi connectivity index (χ4n) is 1.60. The minimum absolute atomic E-state index is 0.250. The van der Waals surface area contributed by atoms with Crippen LogP contribution in [-0.4, -0.2) is 18.8 Å². The SMILES string of the molecule is CCO.COC1=CC=CC(=Cc2ccccc2)C1. The lowest BCUT2D eigenvalue weighted by atomic mass is 10.0. The van der Waals surface area contributed by atoms with Gasteiger partial charge in [-0.3, -0.25) is 0 Å². The molecule has 2 rings (SSSR count). The van der Waals surface area contributed by atoms with Crippen molar-refractivity contribution in [2.75, 3.05) is 13.7 Å². The third-order valence-corrected chi connectivity index (χ3v) is 2.38. The summed E-state index contributed by atoms with van der Waals surface area (Å²) in [6, 6.07) is 10.3. The summed E-state index contributed by atoms with van der Waals surface area (Å²) >= 11 is 0.